The van der Waals surface area contributed by atoms with Crippen LogP contribution in [0.4, 0.5) is 0 Å². The molecule has 0 bridgehead atoms. The van der Waals surface area contributed by atoms with Gasteiger partial charge in [-0.2, -0.15) is 0 Å². The Hall–Kier alpha value is -0.120. The van der Waals surface area contributed by atoms with E-state index < -0.39 is 0 Å². The summed E-state index contributed by atoms with van der Waals surface area (Å²) in [5.41, 5.74) is 6.62. The number of hydrogen-bond donors (Lipinski definition) is 1. The lowest BCUT2D eigenvalue weighted by Crippen LogP contribution is -2.62. The molecular formula is C16H34N2O. The first-order chi connectivity index (χ1) is 8.79. The van der Waals surface area contributed by atoms with Crippen molar-refractivity contribution in [3.8, 4) is 0 Å². The number of rotatable bonds is 6. The maximum Gasteiger partial charge on any atom is 0.0661 e. The first kappa shape index (κ1) is 16.9. The molecule has 2 N–H and O–H groups in total. The van der Waals surface area contributed by atoms with Gasteiger partial charge in [0.2, 0.25) is 0 Å². The number of methoxy groups -OCH3 is 1. The minimum atomic E-state index is -0.0269. The van der Waals surface area contributed by atoms with E-state index in [0.717, 1.165) is 6.61 Å². The van der Waals surface area contributed by atoms with Crippen molar-refractivity contribution >= 4 is 0 Å². The summed E-state index contributed by atoms with van der Waals surface area (Å²) in [4.78, 5) is 2.52. The molecule has 3 heteroatoms. The molecule has 0 heterocycles. The molecule has 0 aromatic carbocycles. The number of nitrogens with two attached hydrogens (primary N) is 1. The lowest BCUT2D eigenvalue weighted by Gasteiger charge is -2.50. The Morgan fingerprint density at radius 1 is 1.32 bits per heavy atom. The quantitative estimate of drug-likeness (QED) is 0.806. The van der Waals surface area contributed by atoms with E-state index in [0.29, 0.717) is 23.9 Å². The molecule has 1 saturated carbocycles. The third-order valence-corrected chi connectivity index (χ3v) is 5.38. The number of nitrogens with zero attached hydrogens (tertiary/aromatic N) is 1. The van der Waals surface area contributed by atoms with E-state index in [2.05, 4.69) is 39.6 Å². The Kier molecular flexibility index (Phi) is 5.84. The van der Waals surface area contributed by atoms with Gasteiger partial charge < -0.3 is 10.5 Å². The first-order valence-electron chi connectivity index (χ1n) is 7.71. The van der Waals surface area contributed by atoms with Crippen LogP contribution in [-0.2, 0) is 4.74 Å². The van der Waals surface area contributed by atoms with E-state index in [9.17, 15) is 0 Å². The predicted octanol–water partition coefficient (Wildman–Crippen LogP) is 2.89. The maximum absolute atomic E-state index is 6.13. The molecule has 1 atom stereocenters. The lowest BCUT2D eigenvalue weighted by atomic mass is 9.73. The summed E-state index contributed by atoms with van der Waals surface area (Å²) < 4.78 is 5.49. The van der Waals surface area contributed by atoms with Gasteiger partial charge in [-0.15, -0.1) is 0 Å². The van der Waals surface area contributed by atoms with E-state index in [-0.39, 0.29) is 5.54 Å². The Labute approximate surface area is 119 Å². The zero-order valence-electron chi connectivity index (χ0n) is 13.8. The van der Waals surface area contributed by atoms with Gasteiger partial charge in [-0.25, -0.2) is 0 Å². The van der Waals surface area contributed by atoms with Crippen molar-refractivity contribution in [2.24, 2.45) is 17.1 Å². The summed E-state index contributed by atoms with van der Waals surface area (Å²) in [6.45, 7) is 10.7. The molecule has 1 aliphatic carbocycles. The van der Waals surface area contributed by atoms with E-state index in [1.165, 1.54) is 25.7 Å². The van der Waals surface area contributed by atoms with Crippen LogP contribution in [0, 0.1) is 11.3 Å². The molecule has 0 saturated heterocycles. The van der Waals surface area contributed by atoms with Crippen LogP contribution in [0.15, 0.2) is 0 Å². The van der Waals surface area contributed by atoms with Gasteiger partial charge in [-0.1, -0.05) is 27.7 Å². The zero-order valence-corrected chi connectivity index (χ0v) is 13.8. The summed E-state index contributed by atoms with van der Waals surface area (Å²) in [6.07, 6.45) is 5.19. The molecule has 1 rings (SSSR count). The second-order valence-corrected chi connectivity index (χ2v) is 7.40. The third-order valence-electron chi connectivity index (χ3n) is 5.38. The van der Waals surface area contributed by atoms with Gasteiger partial charge in [-0.05, 0) is 44.1 Å². The van der Waals surface area contributed by atoms with Crippen molar-refractivity contribution in [1.82, 2.24) is 4.90 Å². The molecule has 1 unspecified atom stereocenters. The summed E-state index contributed by atoms with van der Waals surface area (Å²) in [7, 11) is 4.03. The second kappa shape index (κ2) is 6.55. The highest BCUT2D eigenvalue weighted by Crippen LogP contribution is 2.39. The molecule has 0 aliphatic heterocycles. The average Bonchev–Trinajstić information content (AvgIpc) is 2.35. The highest BCUT2D eigenvalue weighted by Gasteiger charge is 2.41. The van der Waals surface area contributed by atoms with Crippen molar-refractivity contribution in [2.45, 2.75) is 65.0 Å². The Morgan fingerprint density at radius 2 is 1.84 bits per heavy atom. The Balaban J connectivity index is 2.80. The molecular weight excluding hydrogens is 236 g/mol. The Morgan fingerprint density at radius 3 is 2.21 bits per heavy atom. The average molecular weight is 270 g/mol. The molecule has 3 nitrogen and oxygen atoms in total. The summed E-state index contributed by atoms with van der Waals surface area (Å²) in [5.74, 6) is 0.498. The van der Waals surface area contributed by atoms with Crippen molar-refractivity contribution in [2.75, 3.05) is 27.3 Å². The fourth-order valence-electron chi connectivity index (χ4n) is 3.50. The van der Waals surface area contributed by atoms with Gasteiger partial charge in [0, 0.05) is 19.7 Å². The predicted molar refractivity (Wildman–Crippen MR) is 82.3 cm³/mol. The Bertz CT molecular complexity index is 268. The zero-order chi connectivity index (χ0) is 14.7. The highest BCUT2D eigenvalue weighted by molar-refractivity contribution is 4.97. The number of ether oxygens (including phenoxy) is 1. The van der Waals surface area contributed by atoms with Crippen molar-refractivity contribution in [3.63, 3.8) is 0 Å². The highest BCUT2D eigenvalue weighted by atomic mass is 16.5. The van der Waals surface area contributed by atoms with Crippen LogP contribution in [0.5, 0.6) is 0 Å². The van der Waals surface area contributed by atoms with E-state index in [1.807, 2.05) is 0 Å². The normalized spacial score (nSPS) is 23.8. The molecule has 0 aromatic heterocycles. The largest absolute Gasteiger partial charge is 0.383 e. The fraction of sp³-hybridized carbons (Fsp3) is 1.00. The van der Waals surface area contributed by atoms with Crippen LogP contribution in [0.3, 0.4) is 0 Å². The van der Waals surface area contributed by atoms with Gasteiger partial charge >= 0.3 is 0 Å². The van der Waals surface area contributed by atoms with Gasteiger partial charge in [0.05, 0.1) is 12.1 Å². The molecule has 1 aliphatic rings. The van der Waals surface area contributed by atoms with Crippen LogP contribution >= 0.6 is 0 Å². The molecule has 114 valence electrons. The van der Waals surface area contributed by atoms with Gasteiger partial charge in [0.25, 0.3) is 0 Å². The van der Waals surface area contributed by atoms with Crippen LogP contribution in [0.1, 0.15) is 53.4 Å². The minimum absolute atomic E-state index is 0.0269. The molecule has 0 spiro atoms. The molecule has 0 amide bonds. The van der Waals surface area contributed by atoms with E-state index >= 15 is 0 Å². The van der Waals surface area contributed by atoms with E-state index in [1.54, 1.807) is 7.11 Å². The van der Waals surface area contributed by atoms with Gasteiger partial charge in [0.1, 0.15) is 0 Å². The monoisotopic (exact) mass is 270 g/mol. The second-order valence-electron chi connectivity index (χ2n) is 7.40. The smallest absolute Gasteiger partial charge is 0.0661 e. The standard InChI is InChI=1S/C16H34N2O/c1-13(2)16(11-17,12-19-6)18(5)14-7-9-15(3,4)10-8-14/h13-14H,7-12,17H2,1-6H3. The van der Waals surface area contributed by atoms with Crippen LogP contribution in [-0.4, -0.2) is 43.8 Å². The molecule has 0 aromatic rings. The summed E-state index contributed by atoms with van der Waals surface area (Å²) in [6, 6.07) is 0.647. The molecule has 0 radical (unpaired) electrons. The number of likely N-dealkylation sites (N-methyl/N-ethyl adjacent to an activating group) is 1. The number of hydrogen-bond acceptors (Lipinski definition) is 3. The van der Waals surface area contributed by atoms with Crippen LogP contribution < -0.4 is 5.73 Å². The van der Waals surface area contributed by atoms with Crippen molar-refractivity contribution < 1.29 is 4.74 Å². The molecule has 1 fully saturated rings. The minimum Gasteiger partial charge on any atom is -0.383 e. The first-order valence-corrected chi connectivity index (χ1v) is 7.71. The third kappa shape index (κ3) is 3.71. The van der Waals surface area contributed by atoms with Crippen LogP contribution in [0.25, 0.3) is 0 Å². The lowest BCUT2D eigenvalue weighted by molar-refractivity contribution is -0.0396. The van der Waals surface area contributed by atoms with Crippen molar-refractivity contribution in [1.29, 1.82) is 0 Å². The maximum atomic E-state index is 6.13. The van der Waals surface area contributed by atoms with Crippen LogP contribution in [0.2, 0.25) is 0 Å². The SMILES string of the molecule is COCC(CN)(C(C)C)N(C)C1CCC(C)(C)CC1. The van der Waals surface area contributed by atoms with E-state index in [4.69, 9.17) is 10.5 Å². The summed E-state index contributed by atoms with van der Waals surface area (Å²) in [5, 5.41) is 0. The topological polar surface area (TPSA) is 38.5 Å². The fourth-order valence-corrected chi connectivity index (χ4v) is 3.50. The summed E-state index contributed by atoms with van der Waals surface area (Å²) >= 11 is 0. The van der Waals surface area contributed by atoms with Gasteiger partial charge in [-0.3, -0.25) is 4.90 Å². The molecule has 19 heavy (non-hydrogen) atoms. The van der Waals surface area contributed by atoms with Crippen molar-refractivity contribution in [3.05, 3.63) is 0 Å². The van der Waals surface area contributed by atoms with Gasteiger partial charge in [0.15, 0.2) is 0 Å².